The summed E-state index contributed by atoms with van der Waals surface area (Å²) in [5.41, 5.74) is 0. The number of nitrogens with zero attached hydrogens (tertiary/aromatic N) is 2. The summed E-state index contributed by atoms with van der Waals surface area (Å²) >= 11 is 0. The van der Waals surface area contributed by atoms with E-state index in [9.17, 15) is 14.4 Å². The molecular weight excluding hydrogens is 248 g/mol. The predicted molar refractivity (Wildman–Crippen MR) is 69.4 cm³/mol. The van der Waals surface area contributed by atoms with Gasteiger partial charge in [-0.2, -0.15) is 0 Å². The number of piperazine rings is 1. The van der Waals surface area contributed by atoms with Crippen molar-refractivity contribution in [3.05, 3.63) is 0 Å². The van der Waals surface area contributed by atoms with Gasteiger partial charge in [-0.15, -0.1) is 0 Å². The molecule has 0 bridgehead atoms. The van der Waals surface area contributed by atoms with Crippen LogP contribution in [-0.2, 0) is 14.4 Å². The maximum atomic E-state index is 11.9. The van der Waals surface area contributed by atoms with E-state index in [2.05, 4.69) is 0 Å². The Bertz CT molecular complexity index is 360. The molecule has 0 aromatic carbocycles. The molecule has 108 valence electrons. The first-order valence-electron chi connectivity index (χ1n) is 6.62. The number of rotatable bonds is 4. The van der Waals surface area contributed by atoms with E-state index < -0.39 is 11.9 Å². The topological polar surface area (TPSA) is 77.9 Å². The van der Waals surface area contributed by atoms with Crippen molar-refractivity contribution in [3.8, 4) is 0 Å². The number of carbonyl (C=O) groups is 3. The number of carboxylic acid groups (broad SMARTS) is 1. The molecule has 1 aliphatic rings. The number of carboxylic acids is 1. The zero-order chi connectivity index (χ0) is 14.6. The number of aliphatic carboxylic acids is 1. The molecule has 1 N–H and O–H groups in total. The van der Waals surface area contributed by atoms with Crippen molar-refractivity contribution in [3.63, 3.8) is 0 Å². The lowest BCUT2D eigenvalue weighted by molar-refractivity contribution is -0.152. The van der Waals surface area contributed by atoms with Crippen LogP contribution in [0.4, 0.5) is 0 Å². The second-order valence-electron chi connectivity index (χ2n) is 5.36. The van der Waals surface area contributed by atoms with Crippen LogP contribution in [0.2, 0.25) is 0 Å². The predicted octanol–water partition coefficient (Wildman–Crippen LogP) is 0.424. The minimum atomic E-state index is -1.11. The molecule has 1 fully saturated rings. The normalized spacial score (nSPS) is 17.5. The van der Waals surface area contributed by atoms with Crippen LogP contribution in [0.15, 0.2) is 0 Å². The van der Waals surface area contributed by atoms with Crippen molar-refractivity contribution in [2.75, 3.05) is 26.2 Å². The Hall–Kier alpha value is -1.59. The highest BCUT2D eigenvalue weighted by atomic mass is 16.4. The molecule has 1 unspecified atom stereocenters. The van der Waals surface area contributed by atoms with Crippen LogP contribution < -0.4 is 0 Å². The summed E-state index contributed by atoms with van der Waals surface area (Å²) < 4.78 is 0. The molecule has 6 nitrogen and oxygen atoms in total. The summed E-state index contributed by atoms with van der Waals surface area (Å²) in [6.45, 7) is 7.19. The van der Waals surface area contributed by atoms with Gasteiger partial charge in [-0.1, -0.05) is 13.8 Å². The molecule has 19 heavy (non-hydrogen) atoms. The van der Waals surface area contributed by atoms with Crippen LogP contribution in [0.1, 0.15) is 27.2 Å². The highest BCUT2D eigenvalue weighted by Crippen LogP contribution is 2.11. The summed E-state index contributed by atoms with van der Waals surface area (Å²) in [7, 11) is 0. The highest BCUT2D eigenvalue weighted by molar-refractivity contribution is 5.96. The van der Waals surface area contributed by atoms with Crippen molar-refractivity contribution < 1.29 is 19.5 Å². The van der Waals surface area contributed by atoms with Gasteiger partial charge in [0.1, 0.15) is 5.92 Å². The summed E-state index contributed by atoms with van der Waals surface area (Å²) in [4.78, 5) is 37.7. The molecular formula is C13H22N2O4. The van der Waals surface area contributed by atoms with Crippen LogP contribution in [-0.4, -0.2) is 58.9 Å². The van der Waals surface area contributed by atoms with E-state index in [0.717, 1.165) is 0 Å². The Morgan fingerprint density at radius 3 is 1.89 bits per heavy atom. The first-order chi connectivity index (χ1) is 8.82. The van der Waals surface area contributed by atoms with Crippen molar-refractivity contribution >= 4 is 17.8 Å². The van der Waals surface area contributed by atoms with E-state index >= 15 is 0 Å². The van der Waals surface area contributed by atoms with Crippen LogP contribution in [0.3, 0.4) is 0 Å². The third-order valence-corrected chi connectivity index (χ3v) is 3.27. The summed E-state index contributed by atoms with van der Waals surface area (Å²) in [5.74, 6) is -2.07. The fourth-order valence-electron chi connectivity index (χ4n) is 2.03. The van der Waals surface area contributed by atoms with E-state index in [4.69, 9.17) is 5.11 Å². The van der Waals surface area contributed by atoms with Gasteiger partial charge in [-0.25, -0.2) is 0 Å². The van der Waals surface area contributed by atoms with Gasteiger partial charge in [-0.3, -0.25) is 14.4 Å². The zero-order valence-electron chi connectivity index (χ0n) is 11.8. The van der Waals surface area contributed by atoms with Gasteiger partial charge in [0.15, 0.2) is 0 Å². The van der Waals surface area contributed by atoms with E-state index in [0.29, 0.717) is 38.5 Å². The van der Waals surface area contributed by atoms with Crippen LogP contribution in [0.5, 0.6) is 0 Å². The summed E-state index contributed by atoms with van der Waals surface area (Å²) in [6.07, 6.45) is 0.513. The minimum absolute atomic E-state index is 0.105. The zero-order valence-corrected chi connectivity index (χ0v) is 11.8. The van der Waals surface area contributed by atoms with E-state index in [1.165, 1.54) is 11.8 Å². The SMILES string of the molecule is CC(C)CC(=O)N1CCN(C(=O)C(C)C(=O)O)CC1. The Labute approximate surface area is 113 Å². The second-order valence-corrected chi connectivity index (χ2v) is 5.36. The van der Waals surface area contributed by atoms with Crippen LogP contribution in [0, 0.1) is 11.8 Å². The highest BCUT2D eigenvalue weighted by Gasteiger charge is 2.29. The molecule has 0 aromatic heterocycles. The largest absolute Gasteiger partial charge is 0.481 e. The molecule has 0 spiro atoms. The van der Waals surface area contributed by atoms with Crippen LogP contribution >= 0.6 is 0 Å². The molecule has 2 amide bonds. The van der Waals surface area contributed by atoms with Crippen molar-refractivity contribution in [2.24, 2.45) is 11.8 Å². The van der Waals surface area contributed by atoms with Gasteiger partial charge in [0.05, 0.1) is 0 Å². The molecule has 0 radical (unpaired) electrons. The smallest absolute Gasteiger partial charge is 0.315 e. The molecule has 0 aliphatic carbocycles. The fourth-order valence-corrected chi connectivity index (χ4v) is 2.03. The number of carbonyl (C=O) groups excluding carboxylic acids is 2. The third kappa shape index (κ3) is 4.22. The standard InChI is InChI=1S/C13H22N2O4/c1-9(2)8-11(16)14-4-6-15(7-5-14)12(17)10(3)13(18)19/h9-10H,4-8H2,1-3H3,(H,18,19). The lowest BCUT2D eigenvalue weighted by atomic mass is 10.1. The van der Waals surface area contributed by atoms with Gasteiger partial charge in [0.25, 0.3) is 0 Å². The lowest BCUT2D eigenvalue weighted by Crippen LogP contribution is -2.52. The van der Waals surface area contributed by atoms with E-state index in [-0.39, 0.29) is 11.8 Å². The Morgan fingerprint density at radius 2 is 1.47 bits per heavy atom. The van der Waals surface area contributed by atoms with Gasteiger partial charge < -0.3 is 14.9 Å². The molecule has 1 aliphatic heterocycles. The quantitative estimate of drug-likeness (QED) is 0.751. The van der Waals surface area contributed by atoms with Crippen molar-refractivity contribution in [1.82, 2.24) is 9.80 Å². The van der Waals surface area contributed by atoms with Gasteiger partial charge >= 0.3 is 5.97 Å². The van der Waals surface area contributed by atoms with Crippen LogP contribution in [0.25, 0.3) is 0 Å². The van der Waals surface area contributed by atoms with Gasteiger partial charge in [-0.05, 0) is 12.8 Å². The lowest BCUT2D eigenvalue weighted by Gasteiger charge is -2.35. The first kappa shape index (κ1) is 15.5. The molecule has 6 heteroatoms. The first-order valence-corrected chi connectivity index (χ1v) is 6.62. The number of amides is 2. The van der Waals surface area contributed by atoms with Gasteiger partial charge in [0, 0.05) is 32.6 Å². The average molecular weight is 270 g/mol. The molecule has 0 saturated carbocycles. The molecule has 1 atom stereocenters. The monoisotopic (exact) mass is 270 g/mol. The molecule has 1 heterocycles. The molecule has 1 rings (SSSR count). The van der Waals surface area contributed by atoms with E-state index in [1.54, 1.807) is 4.90 Å². The summed E-state index contributed by atoms with van der Waals surface area (Å²) in [5, 5.41) is 8.81. The Kier molecular flexibility index (Phi) is 5.32. The maximum Gasteiger partial charge on any atom is 0.315 e. The van der Waals surface area contributed by atoms with Crippen molar-refractivity contribution in [1.29, 1.82) is 0 Å². The Balaban J connectivity index is 2.47. The molecule has 0 aromatic rings. The van der Waals surface area contributed by atoms with Gasteiger partial charge in [0.2, 0.25) is 11.8 Å². The van der Waals surface area contributed by atoms with E-state index in [1.807, 2.05) is 13.8 Å². The summed E-state index contributed by atoms with van der Waals surface area (Å²) in [6, 6.07) is 0. The van der Waals surface area contributed by atoms with Crippen molar-refractivity contribution in [2.45, 2.75) is 27.2 Å². The maximum absolute atomic E-state index is 11.9. The second kappa shape index (κ2) is 6.54. The minimum Gasteiger partial charge on any atom is -0.481 e. The fraction of sp³-hybridized carbons (Fsp3) is 0.769. The molecule has 1 saturated heterocycles. The Morgan fingerprint density at radius 1 is 1.00 bits per heavy atom. The third-order valence-electron chi connectivity index (χ3n) is 3.27. The number of hydrogen-bond donors (Lipinski definition) is 1. The number of hydrogen-bond acceptors (Lipinski definition) is 3. The average Bonchev–Trinajstić information content (AvgIpc) is 2.36.